The molecule has 0 saturated carbocycles. The number of nitrogens with zero attached hydrogens (tertiary/aromatic N) is 5. The number of likely N-dealkylation sites (tertiary alicyclic amines) is 1. The summed E-state index contributed by atoms with van der Waals surface area (Å²) in [5.41, 5.74) is 3.09. The van der Waals surface area contributed by atoms with E-state index in [-0.39, 0.29) is 30.3 Å². The zero-order chi connectivity index (χ0) is 32.5. The molecule has 246 valence electrons. The molecule has 14 heteroatoms. The van der Waals surface area contributed by atoms with Gasteiger partial charge in [0.05, 0.1) is 0 Å². The van der Waals surface area contributed by atoms with Crippen LogP contribution in [-0.2, 0) is 19.7 Å². The molecule has 2 bridgehead atoms. The number of piperazine rings is 1. The van der Waals surface area contributed by atoms with E-state index in [1.54, 1.807) is 16.7 Å². The average Bonchev–Trinajstić information content (AvgIpc) is 3.78. The molecule has 1 aromatic heterocycles. The Morgan fingerprint density at radius 2 is 1.57 bits per heavy atom. The molecule has 3 aliphatic heterocycles. The number of alkyl halides is 3. The number of hydrogen-bond acceptors (Lipinski definition) is 9. The van der Waals surface area contributed by atoms with Crippen molar-refractivity contribution in [3.05, 3.63) is 100 Å². The van der Waals surface area contributed by atoms with E-state index in [0.717, 1.165) is 43.1 Å². The molecule has 11 nitrogen and oxygen atoms in total. The van der Waals surface area contributed by atoms with E-state index in [1.807, 2.05) is 36.4 Å². The maximum atomic E-state index is 12.4. The highest BCUT2D eigenvalue weighted by Gasteiger charge is 2.43. The minimum Gasteiger partial charge on any atom is -0.490 e. The topological polar surface area (TPSA) is 104 Å². The van der Waals surface area contributed by atoms with Crippen LogP contribution in [0.15, 0.2) is 79.0 Å². The van der Waals surface area contributed by atoms with Gasteiger partial charge in [-0.1, -0.05) is 24.3 Å². The fraction of sp³-hybridized carbons (Fsp3) is 0.364. The van der Waals surface area contributed by atoms with Gasteiger partial charge in [-0.05, 0) is 71.0 Å². The number of aryl methyl sites for hydroxylation is 1. The van der Waals surface area contributed by atoms with E-state index in [0.29, 0.717) is 37.4 Å². The van der Waals surface area contributed by atoms with Gasteiger partial charge in [-0.2, -0.15) is 0 Å². The number of anilines is 1. The lowest BCUT2D eigenvalue weighted by molar-refractivity contribution is -0.389. The zero-order valence-corrected chi connectivity index (χ0v) is 25.2. The molecule has 7 rings (SSSR count). The molecule has 3 aromatic carbocycles. The smallest absolute Gasteiger partial charge is 0.490 e. The average molecular weight is 652 g/mol. The van der Waals surface area contributed by atoms with Crippen LogP contribution in [0.5, 0.6) is 23.3 Å². The summed E-state index contributed by atoms with van der Waals surface area (Å²) in [4.78, 5) is 19.4. The molecule has 3 aliphatic rings. The highest BCUT2D eigenvalue weighted by Crippen LogP contribution is 2.36. The fourth-order valence-corrected chi connectivity index (χ4v) is 6.40. The molecular formula is C33H32F3N5O6. The monoisotopic (exact) mass is 651 g/mol. The molecule has 0 N–H and O–H groups in total. The number of aromatic nitrogens is 2. The molecule has 47 heavy (non-hydrogen) atoms. The van der Waals surface area contributed by atoms with Crippen molar-refractivity contribution in [1.82, 2.24) is 14.5 Å². The van der Waals surface area contributed by atoms with Crippen molar-refractivity contribution in [2.45, 2.75) is 57.1 Å². The lowest BCUT2D eigenvalue weighted by atomic mass is 10.1. The Morgan fingerprint density at radius 1 is 0.894 bits per heavy atom. The van der Waals surface area contributed by atoms with Gasteiger partial charge < -0.3 is 34.0 Å². The van der Waals surface area contributed by atoms with Crippen LogP contribution in [0.4, 0.5) is 24.7 Å². The summed E-state index contributed by atoms with van der Waals surface area (Å²) in [6.07, 6.45) is -1.77. The first-order valence-electron chi connectivity index (χ1n) is 15.3. The second-order valence-electron chi connectivity index (χ2n) is 11.9. The number of benzene rings is 3. The van der Waals surface area contributed by atoms with Gasteiger partial charge in [0.2, 0.25) is 0 Å². The summed E-state index contributed by atoms with van der Waals surface area (Å²) in [5, 5.41) is 11.0. The fourth-order valence-electron chi connectivity index (χ4n) is 6.40. The minimum atomic E-state index is -4.71. The summed E-state index contributed by atoms with van der Waals surface area (Å²) in [6.45, 7) is 3.93. The van der Waals surface area contributed by atoms with Crippen LogP contribution in [-0.4, -0.2) is 63.6 Å². The van der Waals surface area contributed by atoms with Crippen molar-refractivity contribution in [2.75, 3.05) is 24.6 Å². The molecular weight excluding hydrogens is 619 g/mol. The van der Waals surface area contributed by atoms with Gasteiger partial charge in [0, 0.05) is 55.4 Å². The van der Waals surface area contributed by atoms with Crippen LogP contribution >= 0.6 is 0 Å². The SMILES string of the molecule is O=[N+]([O-])c1cn2c(n1)OC(COc1ccc(N3CC4CC3CN4Cc3ccc(OCc4ccc(OC(F)(F)F)cc4)cc3)cc1)CC2. The van der Waals surface area contributed by atoms with Crippen molar-refractivity contribution in [3.63, 3.8) is 0 Å². The van der Waals surface area contributed by atoms with Crippen LogP contribution in [0.3, 0.4) is 0 Å². The molecule has 0 radical (unpaired) electrons. The van der Waals surface area contributed by atoms with E-state index in [1.165, 1.54) is 23.9 Å². The van der Waals surface area contributed by atoms with Crippen LogP contribution < -0.4 is 23.8 Å². The Balaban J connectivity index is 0.851. The first kappa shape index (κ1) is 30.7. The number of nitro groups is 1. The number of ether oxygens (including phenoxy) is 4. The third kappa shape index (κ3) is 7.22. The van der Waals surface area contributed by atoms with E-state index in [4.69, 9.17) is 14.2 Å². The quantitative estimate of drug-likeness (QED) is 0.144. The van der Waals surface area contributed by atoms with Crippen molar-refractivity contribution in [2.24, 2.45) is 0 Å². The van der Waals surface area contributed by atoms with Crippen molar-refractivity contribution >= 4 is 11.5 Å². The lowest BCUT2D eigenvalue weighted by Crippen LogP contribution is -2.46. The molecule has 2 fully saturated rings. The normalized spacial score (nSPS) is 20.5. The molecule has 0 aliphatic carbocycles. The predicted molar refractivity (Wildman–Crippen MR) is 164 cm³/mol. The third-order valence-corrected chi connectivity index (χ3v) is 8.71. The minimum absolute atomic E-state index is 0.219. The summed E-state index contributed by atoms with van der Waals surface area (Å²) in [7, 11) is 0. The second kappa shape index (κ2) is 12.7. The van der Waals surface area contributed by atoms with Gasteiger partial charge in [-0.25, -0.2) is 0 Å². The van der Waals surface area contributed by atoms with E-state index in [2.05, 4.69) is 31.7 Å². The molecule has 3 atom stereocenters. The number of hydrogen-bond donors (Lipinski definition) is 0. The number of rotatable bonds is 11. The van der Waals surface area contributed by atoms with Gasteiger partial charge >= 0.3 is 18.2 Å². The van der Waals surface area contributed by atoms with E-state index >= 15 is 0 Å². The Morgan fingerprint density at radius 3 is 2.26 bits per heavy atom. The Labute approximate surface area is 268 Å². The van der Waals surface area contributed by atoms with Crippen molar-refractivity contribution in [1.29, 1.82) is 0 Å². The van der Waals surface area contributed by atoms with Gasteiger partial charge in [-0.15, -0.1) is 13.2 Å². The van der Waals surface area contributed by atoms with Crippen LogP contribution in [0.1, 0.15) is 24.0 Å². The van der Waals surface area contributed by atoms with E-state index in [9.17, 15) is 23.3 Å². The van der Waals surface area contributed by atoms with Crippen molar-refractivity contribution < 1.29 is 37.0 Å². The second-order valence-corrected chi connectivity index (χ2v) is 11.9. The molecule has 4 heterocycles. The van der Waals surface area contributed by atoms with Gasteiger partial charge in [0.1, 0.15) is 42.8 Å². The number of halogens is 3. The van der Waals surface area contributed by atoms with Gasteiger partial charge in [0.25, 0.3) is 0 Å². The maximum Gasteiger partial charge on any atom is 0.573 e. The largest absolute Gasteiger partial charge is 0.573 e. The van der Waals surface area contributed by atoms with Gasteiger partial charge in [-0.3, -0.25) is 9.47 Å². The highest BCUT2D eigenvalue weighted by atomic mass is 19.4. The zero-order valence-electron chi connectivity index (χ0n) is 25.2. The molecule has 4 aromatic rings. The summed E-state index contributed by atoms with van der Waals surface area (Å²) < 4.78 is 60.2. The molecule has 0 amide bonds. The first-order valence-corrected chi connectivity index (χ1v) is 15.3. The Hall–Kier alpha value is -4.98. The molecule has 2 saturated heterocycles. The number of imidazole rings is 1. The summed E-state index contributed by atoms with van der Waals surface area (Å²) in [5.74, 6) is 0.951. The molecule has 3 unspecified atom stereocenters. The van der Waals surface area contributed by atoms with Crippen LogP contribution in [0.2, 0.25) is 0 Å². The highest BCUT2D eigenvalue weighted by molar-refractivity contribution is 5.52. The van der Waals surface area contributed by atoms with Crippen LogP contribution in [0.25, 0.3) is 0 Å². The Bertz CT molecular complexity index is 1700. The van der Waals surface area contributed by atoms with Crippen LogP contribution in [0, 0.1) is 10.1 Å². The number of fused-ring (bicyclic) bond motifs is 3. The summed E-state index contributed by atoms with van der Waals surface area (Å²) >= 11 is 0. The summed E-state index contributed by atoms with van der Waals surface area (Å²) in [6, 6.07) is 22.8. The predicted octanol–water partition coefficient (Wildman–Crippen LogP) is 5.96. The maximum absolute atomic E-state index is 12.4. The molecule has 0 spiro atoms. The van der Waals surface area contributed by atoms with Gasteiger partial charge in [0.15, 0.2) is 0 Å². The Kier molecular flexibility index (Phi) is 8.26. The van der Waals surface area contributed by atoms with Crippen molar-refractivity contribution in [3.8, 4) is 23.3 Å². The third-order valence-electron chi connectivity index (χ3n) is 8.71. The standard InChI is InChI=1S/C33H32F3N5O6/c34-33(35,36)47-29-9-3-23(4-10-29)20-44-27-7-1-22(2-8-27)16-39-17-26-15-25(39)18-40(26)24-5-11-28(12-6-24)45-21-30-13-14-38-19-31(41(42)43)37-32(38)46-30/h1-12,19,25-26,30H,13-18,20-21H2. The first-order chi connectivity index (χ1) is 22.6. The van der Waals surface area contributed by atoms with E-state index < -0.39 is 11.3 Å². The lowest BCUT2D eigenvalue weighted by Gasteiger charge is -2.35.